The Morgan fingerprint density at radius 1 is 1.17 bits per heavy atom. The van der Waals surface area contributed by atoms with Gasteiger partial charge in [-0.05, 0) is 55.4 Å². The third-order valence-electron chi connectivity index (χ3n) is 4.66. The summed E-state index contributed by atoms with van der Waals surface area (Å²) in [6, 6.07) is 7.46. The average Bonchev–Trinajstić information content (AvgIpc) is 3.02. The minimum Gasteiger partial charge on any atom is -0.373 e. The van der Waals surface area contributed by atoms with Gasteiger partial charge in [0.15, 0.2) is 0 Å². The number of hydrogen-bond donors (Lipinski definition) is 1. The van der Waals surface area contributed by atoms with Gasteiger partial charge in [-0.25, -0.2) is 0 Å². The van der Waals surface area contributed by atoms with Crippen molar-refractivity contribution in [3.8, 4) is 0 Å². The summed E-state index contributed by atoms with van der Waals surface area (Å²) < 4.78 is 5.91. The summed E-state index contributed by atoms with van der Waals surface area (Å²) in [5, 5.41) is 4.67. The van der Waals surface area contributed by atoms with Gasteiger partial charge >= 0.3 is 0 Å². The van der Waals surface area contributed by atoms with Crippen molar-refractivity contribution >= 4 is 11.6 Å². The van der Waals surface area contributed by atoms with E-state index < -0.39 is 0 Å². The average molecular weight is 264 g/mol. The molecule has 2 aliphatic heterocycles. The van der Waals surface area contributed by atoms with Crippen LogP contribution < -0.4 is 5.32 Å². The van der Waals surface area contributed by atoms with Gasteiger partial charge in [0.1, 0.15) is 0 Å². The Morgan fingerprint density at radius 2 is 2.06 bits per heavy atom. The molecule has 2 saturated heterocycles. The Kier molecular flexibility index (Phi) is 2.65. The van der Waals surface area contributed by atoms with E-state index in [0.717, 1.165) is 17.9 Å². The van der Waals surface area contributed by atoms with Crippen LogP contribution in [0.1, 0.15) is 30.4 Å². The van der Waals surface area contributed by atoms with Crippen LogP contribution in [0.4, 0.5) is 0 Å². The van der Waals surface area contributed by atoms with Crippen LogP contribution in [0, 0.1) is 0 Å². The Morgan fingerprint density at radius 3 is 2.83 bits per heavy atom. The van der Waals surface area contributed by atoms with Crippen LogP contribution in [0.5, 0.6) is 0 Å². The second kappa shape index (κ2) is 4.22. The first-order valence-electron chi connectivity index (χ1n) is 6.97. The van der Waals surface area contributed by atoms with E-state index in [1.807, 2.05) is 6.07 Å². The van der Waals surface area contributed by atoms with Crippen LogP contribution >= 0.6 is 11.6 Å². The van der Waals surface area contributed by atoms with Gasteiger partial charge in [0.25, 0.3) is 0 Å². The van der Waals surface area contributed by atoms with Crippen LogP contribution in [-0.2, 0) is 17.6 Å². The number of fused-ring (bicyclic) bond motifs is 3. The van der Waals surface area contributed by atoms with Gasteiger partial charge in [-0.3, -0.25) is 0 Å². The van der Waals surface area contributed by atoms with E-state index in [1.54, 1.807) is 0 Å². The molecule has 2 fully saturated rings. The van der Waals surface area contributed by atoms with Crippen molar-refractivity contribution in [1.82, 2.24) is 5.32 Å². The third-order valence-corrected chi connectivity index (χ3v) is 4.89. The molecular weight excluding hydrogens is 246 g/mol. The molecule has 2 nitrogen and oxygen atoms in total. The van der Waals surface area contributed by atoms with Gasteiger partial charge in [0.2, 0.25) is 0 Å². The highest BCUT2D eigenvalue weighted by Crippen LogP contribution is 2.35. The normalized spacial score (nSPS) is 37.2. The van der Waals surface area contributed by atoms with Gasteiger partial charge in [-0.2, -0.15) is 0 Å². The quantitative estimate of drug-likeness (QED) is 0.886. The summed E-state index contributed by atoms with van der Waals surface area (Å²) in [6.07, 6.45) is 6.98. The number of hydrogen-bond acceptors (Lipinski definition) is 2. The van der Waals surface area contributed by atoms with Crippen LogP contribution in [0.3, 0.4) is 0 Å². The minimum absolute atomic E-state index is 0.474. The Balaban J connectivity index is 1.44. The molecule has 18 heavy (non-hydrogen) atoms. The zero-order valence-electron chi connectivity index (χ0n) is 10.4. The number of nitrogens with one attached hydrogen (secondary N) is 1. The molecule has 3 aliphatic rings. The molecule has 96 valence electrons. The highest BCUT2D eigenvalue weighted by Gasteiger charge is 2.41. The highest BCUT2D eigenvalue weighted by atomic mass is 35.5. The van der Waals surface area contributed by atoms with Crippen molar-refractivity contribution in [3.05, 3.63) is 34.3 Å². The molecular formula is C15H18ClNO. The fourth-order valence-corrected chi connectivity index (χ4v) is 4.02. The lowest BCUT2D eigenvalue weighted by Gasteiger charge is -2.24. The maximum Gasteiger partial charge on any atom is 0.0733 e. The van der Waals surface area contributed by atoms with Gasteiger partial charge in [0, 0.05) is 17.1 Å². The van der Waals surface area contributed by atoms with Crippen LogP contribution in [0.25, 0.3) is 0 Å². The highest BCUT2D eigenvalue weighted by molar-refractivity contribution is 6.30. The predicted molar refractivity (Wildman–Crippen MR) is 72.1 cm³/mol. The van der Waals surface area contributed by atoms with Gasteiger partial charge in [-0.1, -0.05) is 17.7 Å². The maximum atomic E-state index is 6.05. The first kappa shape index (κ1) is 11.3. The summed E-state index contributed by atoms with van der Waals surface area (Å²) in [5.74, 6) is 0. The minimum atomic E-state index is 0.474. The number of benzene rings is 1. The standard InChI is InChI=1S/C15H18ClNO/c16-11-2-1-9-6-12(7-10(9)5-11)17-14-8-13-3-4-15(14)18-13/h1-2,5,12-15,17H,3-4,6-8H2. The van der Waals surface area contributed by atoms with E-state index in [9.17, 15) is 0 Å². The van der Waals surface area contributed by atoms with E-state index in [2.05, 4.69) is 17.4 Å². The monoisotopic (exact) mass is 263 g/mol. The number of rotatable bonds is 2. The molecule has 0 amide bonds. The number of halogens is 1. The van der Waals surface area contributed by atoms with E-state index >= 15 is 0 Å². The molecule has 0 spiro atoms. The van der Waals surface area contributed by atoms with Crippen molar-refractivity contribution in [2.75, 3.05) is 0 Å². The lowest BCUT2D eigenvalue weighted by atomic mass is 9.94. The summed E-state index contributed by atoms with van der Waals surface area (Å²) in [5.41, 5.74) is 2.88. The zero-order valence-corrected chi connectivity index (χ0v) is 11.1. The molecule has 1 aromatic rings. The molecule has 2 bridgehead atoms. The van der Waals surface area contributed by atoms with Crippen molar-refractivity contribution in [2.45, 2.75) is 56.4 Å². The Labute approximate surface area is 113 Å². The van der Waals surface area contributed by atoms with Crippen molar-refractivity contribution in [2.24, 2.45) is 0 Å². The first-order chi connectivity index (χ1) is 8.78. The lowest BCUT2D eigenvalue weighted by molar-refractivity contribution is 0.0961. The molecule has 1 N–H and O–H groups in total. The summed E-state index contributed by atoms with van der Waals surface area (Å²) in [7, 11) is 0. The summed E-state index contributed by atoms with van der Waals surface area (Å²) >= 11 is 6.05. The fraction of sp³-hybridized carbons (Fsp3) is 0.600. The maximum absolute atomic E-state index is 6.05. The Hall–Kier alpha value is -0.570. The van der Waals surface area contributed by atoms with Crippen molar-refractivity contribution in [3.63, 3.8) is 0 Å². The van der Waals surface area contributed by atoms with E-state index in [-0.39, 0.29) is 0 Å². The molecule has 4 unspecified atom stereocenters. The molecule has 4 atom stereocenters. The molecule has 0 aromatic heterocycles. The molecule has 1 aliphatic carbocycles. The number of ether oxygens (including phenoxy) is 1. The van der Waals surface area contributed by atoms with E-state index in [1.165, 1.54) is 30.4 Å². The second-order valence-electron chi connectivity index (χ2n) is 5.90. The summed E-state index contributed by atoms with van der Waals surface area (Å²) in [4.78, 5) is 0. The van der Waals surface area contributed by atoms with E-state index in [4.69, 9.17) is 16.3 Å². The molecule has 1 aromatic carbocycles. The van der Waals surface area contributed by atoms with Crippen LogP contribution in [0.2, 0.25) is 5.02 Å². The van der Waals surface area contributed by atoms with Gasteiger partial charge in [-0.15, -0.1) is 0 Å². The fourth-order valence-electron chi connectivity index (χ4n) is 3.82. The summed E-state index contributed by atoms with van der Waals surface area (Å²) in [6.45, 7) is 0. The van der Waals surface area contributed by atoms with Gasteiger partial charge in [0.05, 0.1) is 12.2 Å². The molecule has 2 heterocycles. The Bertz CT molecular complexity index is 476. The first-order valence-corrected chi connectivity index (χ1v) is 7.34. The van der Waals surface area contributed by atoms with Crippen molar-refractivity contribution in [1.29, 1.82) is 0 Å². The van der Waals surface area contributed by atoms with Gasteiger partial charge < -0.3 is 10.1 Å². The lowest BCUT2D eigenvalue weighted by Crippen LogP contribution is -2.44. The topological polar surface area (TPSA) is 21.3 Å². The third kappa shape index (κ3) is 1.87. The second-order valence-corrected chi connectivity index (χ2v) is 6.34. The zero-order chi connectivity index (χ0) is 12.1. The predicted octanol–water partition coefficient (Wildman–Crippen LogP) is 2.72. The largest absolute Gasteiger partial charge is 0.373 e. The SMILES string of the molecule is Clc1ccc2c(c1)CC(NC1CC3CCC1O3)C2. The smallest absolute Gasteiger partial charge is 0.0733 e. The molecule has 4 rings (SSSR count). The van der Waals surface area contributed by atoms with Crippen molar-refractivity contribution < 1.29 is 4.74 Å². The molecule has 3 heteroatoms. The van der Waals surface area contributed by atoms with Crippen LogP contribution in [-0.4, -0.2) is 24.3 Å². The molecule has 0 saturated carbocycles. The van der Waals surface area contributed by atoms with Crippen LogP contribution in [0.15, 0.2) is 18.2 Å². The molecule has 0 radical (unpaired) electrons. The van der Waals surface area contributed by atoms with E-state index in [0.29, 0.717) is 24.3 Å².